The predicted octanol–water partition coefficient (Wildman–Crippen LogP) is 3.00. The normalized spacial score (nSPS) is 16.8. The van der Waals surface area contributed by atoms with Crippen molar-refractivity contribution in [2.24, 2.45) is 0 Å². The molecule has 5 rings (SSSR count). The van der Waals surface area contributed by atoms with Crippen LogP contribution in [0.25, 0.3) is 11.1 Å². The fraction of sp³-hybridized carbons (Fsp3) is 0.227. The van der Waals surface area contributed by atoms with Gasteiger partial charge in [0.05, 0.1) is 12.2 Å². The van der Waals surface area contributed by atoms with Crippen molar-refractivity contribution in [2.75, 3.05) is 26.2 Å². The molecule has 1 fully saturated rings. The van der Waals surface area contributed by atoms with E-state index in [0.29, 0.717) is 18.8 Å². The van der Waals surface area contributed by atoms with Gasteiger partial charge in [-0.05, 0) is 22.3 Å². The van der Waals surface area contributed by atoms with Crippen molar-refractivity contribution in [1.29, 1.82) is 0 Å². The Bertz CT molecular complexity index is 935. The second kappa shape index (κ2) is 6.59. The third-order valence-corrected chi connectivity index (χ3v) is 5.55. The first-order valence-electron chi connectivity index (χ1n) is 9.30. The number of aromatic nitrogens is 2. The Morgan fingerprint density at radius 1 is 0.852 bits per heavy atom. The molecule has 2 heterocycles. The van der Waals surface area contributed by atoms with E-state index in [9.17, 15) is 4.79 Å². The van der Waals surface area contributed by atoms with Crippen molar-refractivity contribution < 1.29 is 4.79 Å². The van der Waals surface area contributed by atoms with Gasteiger partial charge in [0.15, 0.2) is 0 Å². The highest BCUT2D eigenvalue weighted by Gasteiger charge is 2.35. The van der Waals surface area contributed by atoms with Crippen molar-refractivity contribution in [1.82, 2.24) is 19.8 Å². The van der Waals surface area contributed by atoms with Crippen LogP contribution in [-0.4, -0.2) is 51.9 Å². The van der Waals surface area contributed by atoms with Crippen LogP contribution in [0, 0.1) is 0 Å². The monoisotopic (exact) mass is 356 g/mol. The zero-order chi connectivity index (χ0) is 18.2. The second-order valence-electron chi connectivity index (χ2n) is 7.00. The second-order valence-corrected chi connectivity index (χ2v) is 7.00. The minimum atomic E-state index is -0.0324. The Hall–Kier alpha value is -3.05. The Labute approximate surface area is 158 Å². The molecule has 0 bridgehead atoms. The van der Waals surface area contributed by atoms with E-state index in [-0.39, 0.29) is 11.9 Å². The van der Waals surface area contributed by atoms with Gasteiger partial charge in [0.1, 0.15) is 5.69 Å². The highest BCUT2D eigenvalue weighted by molar-refractivity contribution is 5.92. The van der Waals surface area contributed by atoms with Crippen LogP contribution in [0.15, 0.2) is 67.1 Å². The molecule has 2 aliphatic rings. The van der Waals surface area contributed by atoms with Gasteiger partial charge in [-0.25, -0.2) is 4.98 Å². The smallest absolute Gasteiger partial charge is 0.274 e. The largest absolute Gasteiger partial charge is 0.335 e. The molecular weight excluding hydrogens is 336 g/mol. The molecule has 3 aromatic rings. The van der Waals surface area contributed by atoms with Crippen LogP contribution >= 0.6 is 0 Å². The molecule has 0 unspecified atom stereocenters. The summed E-state index contributed by atoms with van der Waals surface area (Å²) >= 11 is 0. The van der Waals surface area contributed by atoms with Gasteiger partial charge in [0.25, 0.3) is 5.91 Å². The molecule has 134 valence electrons. The molecule has 1 aliphatic carbocycles. The molecule has 5 nitrogen and oxygen atoms in total. The summed E-state index contributed by atoms with van der Waals surface area (Å²) in [5.74, 6) is -0.0324. The third kappa shape index (κ3) is 2.71. The van der Waals surface area contributed by atoms with E-state index in [1.807, 2.05) is 4.90 Å². The van der Waals surface area contributed by atoms with Crippen molar-refractivity contribution in [2.45, 2.75) is 6.04 Å². The van der Waals surface area contributed by atoms with E-state index < -0.39 is 0 Å². The van der Waals surface area contributed by atoms with Gasteiger partial charge in [-0.1, -0.05) is 48.5 Å². The van der Waals surface area contributed by atoms with Crippen LogP contribution in [0.5, 0.6) is 0 Å². The first-order chi connectivity index (χ1) is 13.3. The molecule has 2 aromatic carbocycles. The van der Waals surface area contributed by atoms with Gasteiger partial charge in [-0.2, -0.15) is 0 Å². The average Bonchev–Trinajstić information content (AvgIpc) is 3.08. The van der Waals surface area contributed by atoms with Crippen LogP contribution in [-0.2, 0) is 0 Å². The summed E-state index contributed by atoms with van der Waals surface area (Å²) in [4.78, 5) is 25.2. The first-order valence-corrected chi connectivity index (χ1v) is 9.30. The summed E-state index contributed by atoms with van der Waals surface area (Å²) in [7, 11) is 0. The fourth-order valence-electron chi connectivity index (χ4n) is 4.28. The number of rotatable bonds is 2. The summed E-state index contributed by atoms with van der Waals surface area (Å²) in [5, 5.41) is 0. The molecule has 27 heavy (non-hydrogen) atoms. The predicted molar refractivity (Wildman–Crippen MR) is 103 cm³/mol. The van der Waals surface area contributed by atoms with Crippen LogP contribution in [0.3, 0.4) is 0 Å². The summed E-state index contributed by atoms with van der Waals surface area (Å²) in [5.41, 5.74) is 5.81. The Morgan fingerprint density at radius 3 is 2.07 bits per heavy atom. The molecule has 0 spiro atoms. The van der Waals surface area contributed by atoms with Crippen molar-refractivity contribution in [3.63, 3.8) is 0 Å². The number of amides is 1. The number of nitrogens with zero attached hydrogens (tertiary/aromatic N) is 4. The fourth-order valence-corrected chi connectivity index (χ4v) is 4.28. The first kappa shape index (κ1) is 16.1. The van der Waals surface area contributed by atoms with E-state index in [0.717, 1.165) is 13.1 Å². The molecule has 1 aliphatic heterocycles. The van der Waals surface area contributed by atoms with Crippen molar-refractivity contribution in [3.8, 4) is 11.1 Å². The maximum absolute atomic E-state index is 12.6. The van der Waals surface area contributed by atoms with Crippen LogP contribution < -0.4 is 0 Å². The van der Waals surface area contributed by atoms with Crippen molar-refractivity contribution in [3.05, 3.63) is 83.9 Å². The highest BCUT2D eigenvalue weighted by Crippen LogP contribution is 2.46. The molecular formula is C22H20N4O. The average molecular weight is 356 g/mol. The Kier molecular flexibility index (Phi) is 3.94. The lowest BCUT2D eigenvalue weighted by atomic mass is 10.0. The summed E-state index contributed by atoms with van der Waals surface area (Å²) in [6.07, 6.45) is 4.69. The van der Waals surface area contributed by atoms with Gasteiger partial charge < -0.3 is 4.90 Å². The Balaban J connectivity index is 1.38. The maximum atomic E-state index is 12.6. The minimum Gasteiger partial charge on any atom is -0.335 e. The quantitative estimate of drug-likeness (QED) is 0.708. The topological polar surface area (TPSA) is 49.3 Å². The van der Waals surface area contributed by atoms with E-state index in [2.05, 4.69) is 63.4 Å². The molecule has 0 atom stereocenters. The molecule has 0 saturated carbocycles. The maximum Gasteiger partial charge on any atom is 0.274 e. The number of benzene rings is 2. The van der Waals surface area contributed by atoms with Crippen LogP contribution in [0.2, 0.25) is 0 Å². The summed E-state index contributed by atoms with van der Waals surface area (Å²) in [6, 6.07) is 17.6. The lowest BCUT2D eigenvalue weighted by Crippen LogP contribution is -2.49. The molecule has 0 radical (unpaired) electrons. The van der Waals surface area contributed by atoms with E-state index in [1.165, 1.54) is 28.5 Å². The van der Waals surface area contributed by atoms with Crippen LogP contribution in [0.4, 0.5) is 0 Å². The lowest BCUT2D eigenvalue weighted by molar-refractivity contribution is 0.0594. The van der Waals surface area contributed by atoms with Crippen molar-refractivity contribution >= 4 is 5.91 Å². The van der Waals surface area contributed by atoms with Crippen LogP contribution in [0.1, 0.15) is 27.7 Å². The van der Waals surface area contributed by atoms with Gasteiger partial charge in [0, 0.05) is 38.6 Å². The molecule has 5 heteroatoms. The number of hydrogen-bond donors (Lipinski definition) is 0. The number of fused-ring (bicyclic) bond motifs is 3. The number of carbonyl (C=O) groups is 1. The van der Waals surface area contributed by atoms with Gasteiger partial charge in [-0.3, -0.25) is 14.7 Å². The summed E-state index contributed by atoms with van der Waals surface area (Å²) < 4.78 is 0. The van der Waals surface area contributed by atoms with E-state index >= 15 is 0 Å². The standard InChI is InChI=1S/C22H20N4O/c27-22(20-15-23-9-10-24-20)26-13-11-25(12-14-26)21-18-7-3-1-5-16(18)17-6-2-4-8-19(17)21/h1-10,15,21H,11-14H2. The summed E-state index contributed by atoms with van der Waals surface area (Å²) in [6.45, 7) is 3.10. The highest BCUT2D eigenvalue weighted by atomic mass is 16.2. The van der Waals surface area contributed by atoms with Gasteiger partial charge in [0.2, 0.25) is 0 Å². The Morgan fingerprint density at radius 2 is 1.48 bits per heavy atom. The third-order valence-electron chi connectivity index (χ3n) is 5.55. The minimum absolute atomic E-state index is 0.0324. The zero-order valence-corrected chi connectivity index (χ0v) is 15.0. The number of hydrogen-bond acceptors (Lipinski definition) is 4. The SMILES string of the molecule is O=C(c1cnccn1)N1CCN(C2c3ccccc3-c3ccccc32)CC1. The molecule has 1 amide bonds. The number of carbonyl (C=O) groups excluding carboxylic acids is 1. The van der Waals surface area contributed by atoms with Gasteiger partial charge >= 0.3 is 0 Å². The lowest BCUT2D eigenvalue weighted by Gasteiger charge is -2.38. The molecule has 1 aromatic heterocycles. The van der Waals surface area contributed by atoms with E-state index in [4.69, 9.17) is 0 Å². The van der Waals surface area contributed by atoms with E-state index in [1.54, 1.807) is 12.4 Å². The molecule has 1 saturated heterocycles. The molecule has 0 N–H and O–H groups in total. The van der Waals surface area contributed by atoms with Gasteiger partial charge in [-0.15, -0.1) is 0 Å². The zero-order valence-electron chi connectivity index (χ0n) is 15.0. The number of piperazine rings is 1.